The number of aryl methyl sites for hydroxylation is 3. The molecule has 1 aliphatic heterocycles. The van der Waals surface area contributed by atoms with E-state index in [4.69, 9.17) is 0 Å². The highest BCUT2D eigenvalue weighted by Crippen LogP contribution is 2.22. The summed E-state index contributed by atoms with van der Waals surface area (Å²) in [4.78, 5) is 30.8. The van der Waals surface area contributed by atoms with Crippen molar-refractivity contribution in [2.45, 2.75) is 39.7 Å². The van der Waals surface area contributed by atoms with Gasteiger partial charge in [0.15, 0.2) is 5.82 Å². The fraction of sp³-hybridized carbons (Fsp3) is 0.333. The summed E-state index contributed by atoms with van der Waals surface area (Å²) in [6.45, 7) is 5.27. The molecule has 0 atom stereocenters. The molecular weight excluding hydrogens is 382 g/mol. The minimum atomic E-state index is -0.274. The Kier molecular flexibility index (Phi) is 5.51. The highest BCUT2D eigenvalue weighted by atomic mass is 16.2. The van der Waals surface area contributed by atoms with Gasteiger partial charge in [-0.05, 0) is 44.5 Å². The lowest BCUT2D eigenvalue weighted by Crippen LogP contribution is -2.37. The maximum atomic E-state index is 12.6. The highest BCUT2D eigenvalue weighted by molar-refractivity contribution is 5.97. The van der Waals surface area contributed by atoms with Crippen LogP contribution >= 0.6 is 0 Å². The van der Waals surface area contributed by atoms with E-state index in [9.17, 15) is 9.59 Å². The molecule has 0 aromatic carbocycles. The van der Waals surface area contributed by atoms with Gasteiger partial charge in [0.05, 0.1) is 11.4 Å². The molecular formula is C21H23N7O2. The SMILES string of the molecule is Cc1ccc(-c2ccc(NC(=O)CCC(=O)N3CCCn4nc(C)cc43)nn2)cn1. The Labute approximate surface area is 174 Å². The van der Waals surface area contributed by atoms with E-state index in [1.54, 1.807) is 23.2 Å². The van der Waals surface area contributed by atoms with Crippen molar-refractivity contribution >= 4 is 23.5 Å². The Hall–Kier alpha value is -3.62. The second-order valence-electron chi connectivity index (χ2n) is 7.31. The van der Waals surface area contributed by atoms with Crippen LogP contribution in [-0.2, 0) is 16.1 Å². The molecule has 30 heavy (non-hydrogen) atoms. The van der Waals surface area contributed by atoms with Gasteiger partial charge in [0.1, 0.15) is 5.82 Å². The molecule has 4 rings (SSSR count). The number of nitrogens with one attached hydrogen (secondary N) is 1. The summed E-state index contributed by atoms with van der Waals surface area (Å²) in [7, 11) is 0. The molecule has 4 heterocycles. The van der Waals surface area contributed by atoms with Crippen LogP contribution in [0.2, 0.25) is 0 Å². The lowest BCUT2D eigenvalue weighted by Gasteiger charge is -2.27. The van der Waals surface area contributed by atoms with Crippen LogP contribution in [0.15, 0.2) is 36.5 Å². The van der Waals surface area contributed by atoms with Crippen LogP contribution in [0.3, 0.4) is 0 Å². The number of pyridine rings is 1. The van der Waals surface area contributed by atoms with Crippen LogP contribution in [0.25, 0.3) is 11.3 Å². The van der Waals surface area contributed by atoms with E-state index in [2.05, 4.69) is 25.6 Å². The zero-order valence-corrected chi connectivity index (χ0v) is 17.0. The van der Waals surface area contributed by atoms with E-state index >= 15 is 0 Å². The van der Waals surface area contributed by atoms with E-state index in [1.807, 2.05) is 36.7 Å². The first-order valence-corrected chi connectivity index (χ1v) is 9.91. The minimum absolute atomic E-state index is 0.0771. The molecule has 3 aromatic heterocycles. The third-order valence-corrected chi connectivity index (χ3v) is 4.92. The Balaban J connectivity index is 1.32. The topological polar surface area (TPSA) is 106 Å². The molecule has 0 bridgehead atoms. The molecule has 9 nitrogen and oxygen atoms in total. The van der Waals surface area contributed by atoms with E-state index in [1.165, 1.54) is 0 Å². The second-order valence-corrected chi connectivity index (χ2v) is 7.31. The first-order chi connectivity index (χ1) is 14.5. The molecule has 0 saturated carbocycles. The van der Waals surface area contributed by atoms with Gasteiger partial charge in [-0.25, -0.2) is 4.68 Å². The summed E-state index contributed by atoms with van der Waals surface area (Å²) in [6, 6.07) is 9.19. The largest absolute Gasteiger partial charge is 0.309 e. The molecule has 0 radical (unpaired) electrons. The third-order valence-electron chi connectivity index (χ3n) is 4.92. The number of fused-ring (bicyclic) bond motifs is 1. The fourth-order valence-electron chi connectivity index (χ4n) is 3.39. The summed E-state index contributed by atoms with van der Waals surface area (Å²) in [5.41, 5.74) is 3.33. The van der Waals surface area contributed by atoms with Crippen molar-refractivity contribution in [3.8, 4) is 11.3 Å². The number of carbonyl (C=O) groups is 2. The average Bonchev–Trinajstić information content (AvgIpc) is 3.13. The van der Waals surface area contributed by atoms with Crippen LogP contribution < -0.4 is 10.2 Å². The summed E-state index contributed by atoms with van der Waals surface area (Å²) >= 11 is 0. The molecule has 0 unspecified atom stereocenters. The van der Waals surface area contributed by atoms with Gasteiger partial charge in [-0.2, -0.15) is 5.10 Å². The van der Waals surface area contributed by atoms with Crippen LogP contribution in [-0.4, -0.2) is 43.3 Å². The van der Waals surface area contributed by atoms with Gasteiger partial charge in [0.25, 0.3) is 0 Å². The summed E-state index contributed by atoms with van der Waals surface area (Å²) in [6.07, 6.45) is 2.78. The quantitative estimate of drug-likeness (QED) is 0.699. The van der Waals surface area contributed by atoms with Gasteiger partial charge in [-0.15, -0.1) is 10.2 Å². The second kappa shape index (κ2) is 8.40. The molecule has 0 spiro atoms. The smallest absolute Gasteiger partial charge is 0.228 e. The Bertz CT molecular complexity index is 1060. The van der Waals surface area contributed by atoms with Crippen LogP contribution in [0.5, 0.6) is 0 Å². The molecule has 1 aliphatic rings. The first-order valence-electron chi connectivity index (χ1n) is 9.91. The molecule has 1 N–H and O–H groups in total. The monoisotopic (exact) mass is 405 g/mol. The molecule has 9 heteroatoms. The number of anilines is 2. The Morgan fingerprint density at radius 2 is 1.90 bits per heavy atom. The van der Waals surface area contributed by atoms with Crippen LogP contribution in [0.1, 0.15) is 30.7 Å². The Morgan fingerprint density at radius 3 is 2.63 bits per heavy atom. The van der Waals surface area contributed by atoms with E-state index in [0.29, 0.717) is 18.1 Å². The lowest BCUT2D eigenvalue weighted by molar-refractivity contribution is -0.122. The van der Waals surface area contributed by atoms with Crippen molar-refractivity contribution in [3.05, 3.63) is 47.9 Å². The van der Waals surface area contributed by atoms with Crippen molar-refractivity contribution in [3.63, 3.8) is 0 Å². The number of hydrogen-bond donors (Lipinski definition) is 1. The van der Waals surface area contributed by atoms with Crippen molar-refractivity contribution in [2.75, 3.05) is 16.8 Å². The van der Waals surface area contributed by atoms with Crippen molar-refractivity contribution < 1.29 is 9.59 Å². The summed E-state index contributed by atoms with van der Waals surface area (Å²) in [5.74, 6) is 0.794. The van der Waals surface area contributed by atoms with Crippen molar-refractivity contribution in [1.29, 1.82) is 0 Å². The number of rotatable bonds is 5. The molecule has 2 amide bonds. The predicted octanol–water partition coefficient (Wildman–Crippen LogP) is 2.51. The van der Waals surface area contributed by atoms with Gasteiger partial charge < -0.3 is 5.32 Å². The molecule has 0 fully saturated rings. The van der Waals surface area contributed by atoms with Crippen molar-refractivity contribution in [2.24, 2.45) is 0 Å². The van der Waals surface area contributed by atoms with E-state index < -0.39 is 0 Å². The maximum Gasteiger partial charge on any atom is 0.228 e. The zero-order chi connectivity index (χ0) is 21.1. The lowest BCUT2D eigenvalue weighted by atomic mass is 10.2. The zero-order valence-electron chi connectivity index (χ0n) is 17.0. The van der Waals surface area contributed by atoms with E-state index in [-0.39, 0.29) is 24.7 Å². The highest BCUT2D eigenvalue weighted by Gasteiger charge is 2.24. The van der Waals surface area contributed by atoms with Gasteiger partial charge in [0.2, 0.25) is 11.8 Å². The third kappa shape index (κ3) is 4.35. The van der Waals surface area contributed by atoms with Crippen LogP contribution in [0.4, 0.5) is 11.6 Å². The molecule has 154 valence electrons. The number of hydrogen-bond acceptors (Lipinski definition) is 6. The normalized spacial score (nSPS) is 13.1. The first kappa shape index (κ1) is 19.7. The molecule has 0 saturated heterocycles. The van der Waals surface area contributed by atoms with Gasteiger partial charge in [-0.1, -0.05) is 0 Å². The maximum absolute atomic E-state index is 12.6. The van der Waals surface area contributed by atoms with Crippen molar-refractivity contribution in [1.82, 2.24) is 25.0 Å². The number of nitrogens with zero attached hydrogens (tertiary/aromatic N) is 6. The number of aromatic nitrogens is 5. The summed E-state index contributed by atoms with van der Waals surface area (Å²) in [5, 5.41) is 15.3. The Morgan fingerprint density at radius 1 is 1.03 bits per heavy atom. The predicted molar refractivity (Wildman–Crippen MR) is 112 cm³/mol. The van der Waals surface area contributed by atoms with Gasteiger partial charge in [-0.3, -0.25) is 19.5 Å². The minimum Gasteiger partial charge on any atom is -0.309 e. The average molecular weight is 405 g/mol. The van der Waals surface area contributed by atoms with Crippen LogP contribution in [0, 0.1) is 13.8 Å². The fourth-order valence-corrected chi connectivity index (χ4v) is 3.39. The molecule has 0 aliphatic carbocycles. The standard InChI is InChI=1S/C21H23N7O2/c1-14-4-5-16(13-22-14)17-6-7-18(25-24-17)23-19(29)8-9-21(30)27-10-3-11-28-20(27)12-15(2)26-28/h4-7,12-13H,3,8-11H2,1-2H3,(H,23,25,29). The number of amides is 2. The summed E-state index contributed by atoms with van der Waals surface area (Å²) < 4.78 is 1.84. The number of carbonyl (C=O) groups excluding carboxylic acids is 2. The van der Waals surface area contributed by atoms with Gasteiger partial charge in [0, 0.05) is 49.5 Å². The molecule has 3 aromatic rings. The van der Waals surface area contributed by atoms with Gasteiger partial charge >= 0.3 is 0 Å². The van der Waals surface area contributed by atoms with E-state index in [0.717, 1.165) is 35.7 Å².